The van der Waals surface area contributed by atoms with E-state index in [4.69, 9.17) is 0 Å². The van der Waals surface area contributed by atoms with Crippen LogP contribution in [0.5, 0.6) is 0 Å². The quantitative estimate of drug-likeness (QED) is 0.123. The Hall–Kier alpha value is -15.6. The second kappa shape index (κ2) is 27.5. The Morgan fingerprint density at radius 1 is 0.133 bits per heavy atom. The van der Waals surface area contributed by atoms with Crippen molar-refractivity contribution < 1.29 is 0 Å². The Morgan fingerprint density at radius 3 is 0.792 bits per heavy atom. The molecular formula is C116H76N4. The van der Waals surface area contributed by atoms with E-state index in [2.05, 4.69) is 479 Å². The molecule has 560 valence electrons. The average Bonchev–Trinajstić information content (AvgIpc) is 1.56. The Bertz CT molecular complexity index is 7920. The fourth-order valence-corrected chi connectivity index (χ4v) is 20.9. The first-order chi connectivity index (χ1) is 59.5. The number of hydrogen-bond donors (Lipinski definition) is 0. The molecule has 0 fully saturated rings. The zero-order valence-electron chi connectivity index (χ0n) is 65.7. The second-order valence-corrected chi connectivity index (χ2v) is 32.1. The smallest absolute Gasteiger partial charge is 0.0714 e. The van der Waals surface area contributed by atoms with E-state index in [0.717, 1.165) is 17.1 Å². The van der Waals surface area contributed by atoms with Gasteiger partial charge in [0.15, 0.2) is 0 Å². The highest BCUT2D eigenvalue weighted by atomic mass is 15.0. The molecule has 4 nitrogen and oxygen atoms in total. The first-order valence-electron chi connectivity index (χ1n) is 41.6. The van der Waals surface area contributed by atoms with Crippen LogP contribution in [-0.4, -0.2) is 18.3 Å². The highest BCUT2D eigenvalue weighted by molar-refractivity contribution is 6.15. The Balaban J connectivity index is 0.000000137. The molecule has 120 heavy (non-hydrogen) atoms. The Labute approximate surface area is 695 Å². The van der Waals surface area contributed by atoms with Crippen LogP contribution < -0.4 is 0 Å². The molecular weight excluding hydrogens is 1450 g/mol. The summed E-state index contributed by atoms with van der Waals surface area (Å²) in [6.07, 6.45) is 0. The summed E-state index contributed by atoms with van der Waals surface area (Å²) in [5.41, 5.74) is 36.0. The molecule has 0 atom stereocenters. The molecule has 0 saturated carbocycles. The normalized spacial score (nSPS) is 13.0. The fraction of sp³-hybridized carbons (Fsp3) is 0.0172. The molecule has 0 bridgehead atoms. The monoisotopic (exact) mass is 1520 g/mol. The number of fused-ring (bicyclic) bond motifs is 18. The van der Waals surface area contributed by atoms with Crippen LogP contribution in [-0.2, 0) is 10.8 Å². The van der Waals surface area contributed by atoms with Crippen LogP contribution in [0.1, 0.15) is 44.5 Å². The van der Waals surface area contributed by atoms with Crippen molar-refractivity contribution in [1.82, 2.24) is 18.3 Å². The number of para-hydroxylation sites is 5. The lowest BCUT2D eigenvalue weighted by Crippen LogP contribution is -2.28. The number of hydrogen-bond acceptors (Lipinski definition) is 0. The first-order valence-corrected chi connectivity index (χ1v) is 41.6. The van der Waals surface area contributed by atoms with Gasteiger partial charge >= 0.3 is 0 Å². The number of benzene rings is 19. The van der Waals surface area contributed by atoms with Crippen molar-refractivity contribution in [2.75, 3.05) is 0 Å². The molecule has 0 spiro atoms. The standard InChI is InChI=1S/C61H40N2.C55H36N2/c1-3-16-41(17-4-1)42-30-34-47(35-31-42)62-57-28-13-9-24-51(57)53-36-32-44(39-60(53)62)43-33-37-59-54(38-43)52-25-10-14-29-58(52)63(59)48-21-15-20-46(40-48)61(45-18-5-2-6-19-45)55-26-11-7-22-49(55)50-23-8-12-27-56(50)61;1-3-16-39(17-4-1)55(49-26-11-7-22-43(49)44-23-8-12-27-50(44)55)40-18-15-21-42(36-40)57-52-29-14-10-25-46(52)48-34-37(31-33-53(48)57)38-30-32-47-45-24-9-13-28-51(45)56(54(47)35-38)41-19-5-2-6-20-41/h1-40H;1-36H. The van der Waals surface area contributed by atoms with Crippen molar-refractivity contribution in [2.45, 2.75) is 10.8 Å². The van der Waals surface area contributed by atoms with Crippen LogP contribution in [0, 0.1) is 0 Å². The predicted molar refractivity (Wildman–Crippen MR) is 501 cm³/mol. The number of nitrogens with zero attached hydrogens (tertiary/aromatic N) is 4. The van der Waals surface area contributed by atoms with Crippen molar-refractivity contribution in [1.29, 1.82) is 0 Å². The molecule has 0 N–H and O–H groups in total. The molecule has 4 heteroatoms. The molecule has 0 saturated heterocycles. The van der Waals surface area contributed by atoms with Crippen molar-refractivity contribution in [3.63, 3.8) is 0 Å². The van der Waals surface area contributed by atoms with Crippen LogP contribution in [0.15, 0.2) is 461 Å². The zero-order valence-corrected chi connectivity index (χ0v) is 65.7. The molecule has 2 aliphatic carbocycles. The zero-order chi connectivity index (χ0) is 79.0. The van der Waals surface area contributed by atoms with E-state index in [9.17, 15) is 0 Å². The molecule has 19 aromatic carbocycles. The van der Waals surface area contributed by atoms with Crippen molar-refractivity contribution in [3.8, 4) is 78.4 Å². The van der Waals surface area contributed by atoms with Crippen LogP contribution >= 0.6 is 0 Å². The minimum atomic E-state index is -0.471. The maximum atomic E-state index is 2.46. The fourth-order valence-electron chi connectivity index (χ4n) is 20.9. The topological polar surface area (TPSA) is 19.7 Å². The summed E-state index contributed by atoms with van der Waals surface area (Å²) in [6, 6.07) is 170. The third kappa shape index (κ3) is 10.4. The van der Waals surface area contributed by atoms with Gasteiger partial charge in [0.25, 0.3) is 0 Å². The van der Waals surface area contributed by atoms with Crippen LogP contribution in [0.25, 0.3) is 166 Å². The molecule has 25 rings (SSSR count). The Morgan fingerprint density at radius 2 is 0.392 bits per heavy atom. The van der Waals surface area contributed by atoms with Crippen molar-refractivity contribution >= 4 is 87.2 Å². The predicted octanol–water partition coefficient (Wildman–Crippen LogP) is 29.5. The van der Waals surface area contributed by atoms with Gasteiger partial charge in [-0.25, -0.2) is 0 Å². The first kappa shape index (κ1) is 68.8. The lowest BCUT2D eigenvalue weighted by molar-refractivity contribution is 0.767. The number of rotatable bonds is 11. The molecule has 0 unspecified atom stereocenters. The summed E-state index contributed by atoms with van der Waals surface area (Å²) >= 11 is 0. The molecule has 23 aromatic rings. The van der Waals surface area contributed by atoms with Gasteiger partial charge < -0.3 is 18.3 Å². The van der Waals surface area contributed by atoms with E-state index in [0.29, 0.717) is 0 Å². The third-order valence-electron chi connectivity index (χ3n) is 26.0. The van der Waals surface area contributed by atoms with Crippen molar-refractivity contribution in [2.24, 2.45) is 0 Å². The SMILES string of the molecule is c1ccc(-c2ccc(-n3c4ccccc4c4ccc(-c5ccc6c(c5)c5ccccc5n6-c5cccc(C6(c7ccccc7)c7ccccc7-c7ccccc76)c5)cc43)cc2)cc1.c1ccc(-n2c3ccccc3c3ccc(-c4ccc5c(c4)c4ccccc4n5-c4cccc(C5(c6ccccc6)c6ccccc6-c6ccccc65)c4)cc32)cc1. The van der Waals surface area contributed by atoms with Crippen LogP contribution in [0.3, 0.4) is 0 Å². The van der Waals surface area contributed by atoms with Gasteiger partial charge in [-0.3, -0.25) is 0 Å². The van der Waals surface area contributed by atoms with E-state index in [1.54, 1.807) is 0 Å². The van der Waals surface area contributed by atoms with Gasteiger partial charge in [-0.15, -0.1) is 0 Å². The molecule has 2 aliphatic rings. The van der Waals surface area contributed by atoms with Gasteiger partial charge in [0.2, 0.25) is 0 Å². The molecule has 4 aromatic heterocycles. The van der Waals surface area contributed by atoms with Crippen LogP contribution in [0.2, 0.25) is 0 Å². The maximum Gasteiger partial charge on any atom is 0.0714 e. The summed E-state index contributed by atoms with van der Waals surface area (Å²) in [7, 11) is 0. The van der Waals surface area contributed by atoms with E-state index < -0.39 is 10.8 Å². The van der Waals surface area contributed by atoms with E-state index in [1.807, 2.05) is 0 Å². The van der Waals surface area contributed by atoms with Crippen molar-refractivity contribution in [3.05, 3.63) is 506 Å². The molecule has 0 radical (unpaired) electrons. The lowest BCUT2D eigenvalue weighted by Gasteiger charge is -2.34. The number of aromatic nitrogens is 4. The summed E-state index contributed by atoms with van der Waals surface area (Å²) in [4.78, 5) is 0. The summed E-state index contributed by atoms with van der Waals surface area (Å²) < 4.78 is 9.74. The van der Waals surface area contributed by atoms with E-state index in [-0.39, 0.29) is 0 Å². The summed E-state index contributed by atoms with van der Waals surface area (Å²) in [5, 5.41) is 9.99. The second-order valence-electron chi connectivity index (χ2n) is 32.1. The maximum absolute atomic E-state index is 2.46. The highest BCUT2D eigenvalue weighted by Gasteiger charge is 2.48. The molecule has 0 aliphatic heterocycles. The highest BCUT2D eigenvalue weighted by Crippen LogP contribution is 2.59. The largest absolute Gasteiger partial charge is 0.309 e. The molecule has 0 amide bonds. The van der Waals surface area contributed by atoms with Gasteiger partial charge in [0, 0.05) is 65.8 Å². The van der Waals surface area contributed by atoms with Crippen LogP contribution in [0.4, 0.5) is 0 Å². The third-order valence-corrected chi connectivity index (χ3v) is 26.0. The minimum Gasteiger partial charge on any atom is -0.309 e. The van der Waals surface area contributed by atoms with E-state index in [1.165, 1.54) is 193 Å². The minimum absolute atomic E-state index is 0.461. The summed E-state index contributed by atoms with van der Waals surface area (Å²) in [5.74, 6) is 0. The van der Waals surface area contributed by atoms with Gasteiger partial charge in [-0.05, 0) is 209 Å². The average molecular weight is 1530 g/mol. The molecule has 4 heterocycles. The Kier molecular flexibility index (Phi) is 15.8. The van der Waals surface area contributed by atoms with Gasteiger partial charge in [-0.2, -0.15) is 0 Å². The summed E-state index contributed by atoms with van der Waals surface area (Å²) in [6.45, 7) is 0. The van der Waals surface area contributed by atoms with Gasteiger partial charge in [0.1, 0.15) is 0 Å². The lowest BCUT2D eigenvalue weighted by atomic mass is 9.67. The van der Waals surface area contributed by atoms with Gasteiger partial charge in [0.05, 0.1) is 55.0 Å². The van der Waals surface area contributed by atoms with Gasteiger partial charge in [-0.1, -0.05) is 352 Å². The van der Waals surface area contributed by atoms with E-state index >= 15 is 0 Å².